The quantitative estimate of drug-likeness (QED) is 0.302. The molecule has 37 heavy (non-hydrogen) atoms. The number of hydrogen-bond acceptors (Lipinski definition) is 8. The van der Waals surface area contributed by atoms with E-state index in [1.54, 1.807) is 14.2 Å². The van der Waals surface area contributed by atoms with Gasteiger partial charge in [-0.2, -0.15) is 0 Å². The van der Waals surface area contributed by atoms with Gasteiger partial charge in [-0.3, -0.25) is 9.98 Å². The molecule has 4 heterocycles. The molecule has 8 heteroatoms. The van der Waals surface area contributed by atoms with Crippen LogP contribution in [0.15, 0.2) is 55.2 Å². The number of benzene rings is 2. The summed E-state index contributed by atoms with van der Waals surface area (Å²) in [5.74, 6) is 5.30. The second kappa shape index (κ2) is 10.2. The summed E-state index contributed by atoms with van der Waals surface area (Å²) in [6.07, 6.45) is 4.95. The first-order valence-corrected chi connectivity index (χ1v) is 13.0. The van der Waals surface area contributed by atoms with Gasteiger partial charge in [0, 0.05) is 47.8 Å². The van der Waals surface area contributed by atoms with E-state index in [0.29, 0.717) is 0 Å². The Morgan fingerprint density at radius 2 is 1.16 bits per heavy atom. The van der Waals surface area contributed by atoms with Crippen LogP contribution in [-0.2, 0) is 12.8 Å². The topological polar surface area (TPSA) is 93.5 Å². The molecule has 0 amide bonds. The van der Waals surface area contributed by atoms with Crippen LogP contribution in [0.25, 0.3) is 21.9 Å². The number of aryl methyl sites for hydroxylation is 2. The van der Waals surface area contributed by atoms with E-state index in [1.165, 1.54) is 0 Å². The molecule has 0 unspecified atom stereocenters. The molecular formula is C29H32N4O4. The SMILES string of the molecule is COc1cc(C2=NCCN2)cc2cc(CCCCCc3cc4cc(C5=NCCN5)cc(OC)c4o3)oc12. The molecule has 0 aliphatic carbocycles. The van der Waals surface area contributed by atoms with E-state index in [9.17, 15) is 0 Å². The third-order valence-corrected chi connectivity index (χ3v) is 6.95. The first-order valence-electron chi connectivity index (χ1n) is 13.0. The largest absolute Gasteiger partial charge is 0.493 e. The van der Waals surface area contributed by atoms with Crippen LogP contribution in [-0.4, -0.2) is 52.1 Å². The Morgan fingerprint density at radius 1 is 0.676 bits per heavy atom. The molecule has 0 fully saturated rings. The van der Waals surface area contributed by atoms with Crippen molar-refractivity contribution in [2.75, 3.05) is 40.4 Å². The highest BCUT2D eigenvalue weighted by atomic mass is 16.5. The zero-order chi connectivity index (χ0) is 25.2. The van der Waals surface area contributed by atoms with Gasteiger partial charge >= 0.3 is 0 Å². The van der Waals surface area contributed by atoms with Gasteiger partial charge in [-0.1, -0.05) is 6.42 Å². The Labute approximate surface area is 215 Å². The molecule has 8 nitrogen and oxygen atoms in total. The fourth-order valence-corrected chi connectivity index (χ4v) is 5.13. The van der Waals surface area contributed by atoms with Gasteiger partial charge in [-0.25, -0.2) is 0 Å². The molecule has 0 saturated carbocycles. The molecule has 6 rings (SSSR count). The Balaban J connectivity index is 1.08. The van der Waals surface area contributed by atoms with Crippen molar-refractivity contribution in [1.29, 1.82) is 0 Å². The van der Waals surface area contributed by atoms with E-state index in [0.717, 1.165) is 126 Å². The van der Waals surface area contributed by atoms with Crippen LogP contribution in [0.3, 0.4) is 0 Å². The van der Waals surface area contributed by atoms with Crippen molar-refractivity contribution in [1.82, 2.24) is 10.6 Å². The minimum absolute atomic E-state index is 0.745. The average molecular weight is 501 g/mol. The smallest absolute Gasteiger partial charge is 0.176 e. The second-order valence-corrected chi connectivity index (χ2v) is 9.49. The van der Waals surface area contributed by atoms with Crippen molar-refractivity contribution in [3.63, 3.8) is 0 Å². The minimum atomic E-state index is 0.745. The molecule has 192 valence electrons. The molecule has 0 spiro atoms. The fourth-order valence-electron chi connectivity index (χ4n) is 5.13. The van der Waals surface area contributed by atoms with E-state index in [-0.39, 0.29) is 0 Å². The van der Waals surface area contributed by atoms with Gasteiger partial charge in [0.15, 0.2) is 22.7 Å². The number of amidine groups is 2. The number of aliphatic imine (C=N–C) groups is 2. The maximum atomic E-state index is 6.16. The molecule has 2 aliphatic heterocycles. The highest BCUT2D eigenvalue weighted by Gasteiger charge is 2.17. The lowest BCUT2D eigenvalue weighted by Gasteiger charge is -2.06. The number of rotatable bonds is 10. The zero-order valence-electron chi connectivity index (χ0n) is 21.4. The third kappa shape index (κ3) is 4.75. The second-order valence-electron chi connectivity index (χ2n) is 9.49. The Bertz CT molecular complexity index is 1380. The zero-order valence-corrected chi connectivity index (χ0v) is 21.4. The van der Waals surface area contributed by atoms with Crippen molar-refractivity contribution in [3.05, 3.63) is 59.0 Å². The maximum Gasteiger partial charge on any atom is 0.176 e. The van der Waals surface area contributed by atoms with Crippen LogP contribution in [0, 0.1) is 0 Å². The molecule has 2 aromatic heterocycles. The van der Waals surface area contributed by atoms with Gasteiger partial charge < -0.3 is 28.9 Å². The van der Waals surface area contributed by atoms with Gasteiger partial charge in [0.2, 0.25) is 0 Å². The predicted octanol–water partition coefficient (Wildman–Crippen LogP) is 4.85. The molecule has 2 N–H and O–H groups in total. The number of nitrogens with zero attached hydrogens (tertiary/aromatic N) is 2. The molecule has 2 aromatic carbocycles. The van der Waals surface area contributed by atoms with Gasteiger partial charge in [0.05, 0.1) is 27.3 Å². The molecule has 0 atom stereocenters. The molecule has 2 aliphatic rings. The molecular weight excluding hydrogens is 468 g/mol. The predicted molar refractivity (Wildman–Crippen MR) is 146 cm³/mol. The number of ether oxygens (including phenoxy) is 2. The number of furan rings is 2. The van der Waals surface area contributed by atoms with Crippen molar-refractivity contribution in [2.24, 2.45) is 9.98 Å². The summed E-state index contributed by atoms with van der Waals surface area (Å²) < 4.78 is 23.5. The summed E-state index contributed by atoms with van der Waals surface area (Å²) in [6.45, 7) is 3.37. The first kappa shape index (κ1) is 23.5. The highest BCUT2D eigenvalue weighted by molar-refractivity contribution is 6.04. The van der Waals surface area contributed by atoms with E-state index in [2.05, 4.69) is 44.9 Å². The van der Waals surface area contributed by atoms with Crippen molar-refractivity contribution in [2.45, 2.75) is 32.1 Å². The van der Waals surface area contributed by atoms with Crippen molar-refractivity contribution in [3.8, 4) is 11.5 Å². The normalized spacial score (nSPS) is 15.1. The fraction of sp³-hybridized carbons (Fsp3) is 0.379. The van der Waals surface area contributed by atoms with Crippen LogP contribution in [0.1, 0.15) is 41.9 Å². The number of hydrogen-bond donors (Lipinski definition) is 2. The standard InChI is InChI=1S/C29H32N4O4/c1-34-24-16-20(28-30-8-9-31-28)12-18-14-22(36-26(18)24)6-4-3-5-7-23-15-19-13-21(29-32-10-11-33-29)17-25(35-2)27(19)37-23/h12-17H,3-11H2,1-2H3,(H,30,31)(H,32,33). The van der Waals surface area contributed by atoms with E-state index in [4.69, 9.17) is 18.3 Å². The lowest BCUT2D eigenvalue weighted by atomic mass is 10.1. The molecule has 4 aromatic rings. The van der Waals surface area contributed by atoms with Crippen LogP contribution in [0.4, 0.5) is 0 Å². The summed E-state index contributed by atoms with van der Waals surface area (Å²) in [6, 6.07) is 12.5. The van der Waals surface area contributed by atoms with E-state index < -0.39 is 0 Å². The molecule has 0 radical (unpaired) electrons. The monoisotopic (exact) mass is 500 g/mol. The Morgan fingerprint density at radius 3 is 1.57 bits per heavy atom. The summed E-state index contributed by atoms with van der Waals surface area (Å²) in [5.41, 5.74) is 3.68. The van der Waals surface area contributed by atoms with Gasteiger partial charge in [0.1, 0.15) is 23.2 Å². The van der Waals surface area contributed by atoms with Crippen LogP contribution in [0.2, 0.25) is 0 Å². The van der Waals surface area contributed by atoms with Crippen LogP contribution >= 0.6 is 0 Å². The number of methoxy groups -OCH3 is 2. The lowest BCUT2D eigenvalue weighted by Crippen LogP contribution is -2.19. The van der Waals surface area contributed by atoms with Gasteiger partial charge in [-0.15, -0.1) is 0 Å². The average Bonchev–Trinajstić information content (AvgIpc) is 3.73. The maximum absolute atomic E-state index is 6.16. The third-order valence-electron chi connectivity index (χ3n) is 6.95. The van der Waals surface area contributed by atoms with Crippen molar-refractivity contribution < 1.29 is 18.3 Å². The molecule has 0 saturated heterocycles. The van der Waals surface area contributed by atoms with Crippen LogP contribution in [0.5, 0.6) is 11.5 Å². The van der Waals surface area contributed by atoms with Gasteiger partial charge in [-0.05, 0) is 49.2 Å². The van der Waals surface area contributed by atoms with Crippen molar-refractivity contribution >= 4 is 33.6 Å². The first-order chi connectivity index (χ1) is 18.2. The number of unbranched alkanes of at least 4 members (excludes halogenated alkanes) is 2. The van der Waals surface area contributed by atoms with E-state index >= 15 is 0 Å². The van der Waals surface area contributed by atoms with E-state index in [1.807, 2.05) is 12.1 Å². The lowest BCUT2D eigenvalue weighted by molar-refractivity contribution is 0.406. The van der Waals surface area contributed by atoms with Crippen LogP contribution < -0.4 is 20.1 Å². The summed E-state index contributed by atoms with van der Waals surface area (Å²) in [7, 11) is 3.36. The number of fused-ring (bicyclic) bond motifs is 2. The Kier molecular flexibility index (Phi) is 6.47. The Hall–Kier alpha value is -3.94. The minimum Gasteiger partial charge on any atom is -0.493 e. The summed E-state index contributed by atoms with van der Waals surface area (Å²) in [4.78, 5) is 9.06. The summed E-state index contributed by atoms with van der Waals surface area (Å²) in [5, 5.41) is 8.76. The number of nitrogens with one attached hydrogen (secondary N) is 2. The highest BCUT2D eigenvalue weighted by Crippen LogP contribution is 2.33. The van der Waals surface area contributed by atoms with Gasteiger partial charge in [0.25, 0.3) is 0 Å². The summed E-state index contributed by atoms with van der Waals surface area (Å²) >= 11 is 0. The molecule has 0 bridgehead atoms.